The van der Waals surface area contributed by atoms with Gasteiger partial charge < -0.3 is 20.2 Å². The normalized spacial score (nSPS) is 11.5. The fraction of sp³-hybridized carbons (Fsp3) is 0.174. The zero-order chi connectivity index (χ0) is 22.4. The molecule has 1 atom stereocenters. The summed E-state index contributed by atoms with van der Waals surface area (Å²) >= 11 is 1.37. The molecule has 0 bridgehead atoms. The number of amides is 2. The molecule has 0 aliphatic rings. The number of carbonyl (C=O) groups excluding carboxylic acids is 2. The highest BCUT2D eigenvalue weighted by atomic mass is 32.2. The van der Waals surface area contributed by atoms with Gasteiger partial charge in [0.2, 0.25) is 5.91 Å². The number of carbonyl (C=O) groups is 3. The monoisotopic (exact) mass is 438 g/mol. The zero-order valence-electron chi connectivity index (χ0n) is 17.0. The van der Waals surface area contributed by atoms with Crippen molar-refractivity contribution in [2.75, 3.05) is 10.6 Å². The minimum atomic E-state index is -1.05. The second-order valence-corrected chi connectivity index (χ2v) is 8.07. The Morgan fingerprint density at radius 2 is 1.87 bits per heavy atom. The van der Waals surface area contributed by atoms with Crippen molar-refractivity contribution < 1.29 is 23.9 Å². The summed E-state index contributed by atoms with van der Waals surface area (Å²) in [6.45, 7) is 3.71. The van der Waals surface area contributed by atoms with E-state index in [0.717, 1.165) is 10.5 Å². The van der Waals surface area contributed by atoms with Crippen molar-refractivity contribution >= 4 is 40.9 Å². The maximum Gasteiger partial charge on any atom is 0.335 e. The lowest BCUT2D eigenvalue weighted by Gasteiger charge is -2.17. The minimum Gasteiger partial charge on any atom is -0.478 e. The number of anilines is 2. The highest BCUT2D eigenvalue weighted by Gasteiger charge is 2.20. The standard InChI is InChI=1S/C23H22N2O5S/c1-3-20(22(27)25-18-12-15(23(28)29)10-9-14(18)2)31-17-7-4-6-16(13-17)24-21(26)19-8-5-11-30-19/h4-13,20H,3H2,1-2H3,(H,24,26)(H,25,27)(H,28,29). The molecule has 3 aromatic rings. The molecule has 1 heterocycles. The van der Waals surface area contributed by atoms with Crippen molar-refractivity contribution in [1.29, 1.82) is 0 Å². The molecule has 0 spiro atoms. The molecule has 160 valence electrons. The number of thioether (sulfide) groups is 1. The van der Waals surface area contributed by atoms with E-state index in [1.165, 1.54) is 30.2 Å². The third-order valence-corrected chi connectivity index (χ3v) is 5.88. The van der Waals surface area contributed by atoms with Crippen LogP contribution >= 0.6 is 11.8 Å². The Labute approximate surface area is 183 Å². The van der Waals surface area contributed by atoms with Crippen molar-refractivity contribution in [2.45, 2.75) is 30.4 Å². The first-order valence-corrected chi connectivity index (χ1v) is 10.5. The van der Waals surface area contributed by atoms with Gasteiger partial charge >= 0.3 is 5.97 Å². The van der Waals surface area contributed by atoms with E-state index < -0.39 is 11.2 Å². The van der Waals surface area contributed by atoms with Crippen LogP contribution in [0.3, 0.4) is 0 Å². The molecule has 3 rings (SSSR count). The molecule has 0 saturated heterocycles. The number of furan rings is 1. The van der Waals surface area contributed by atoms with Crippen LogP contribution in [-0.4, -0.2) is 28.1 Å². The first-order chi connectivity index (χ1) is 14.9. The molecule has 0 saturated carbocycles. The predicted molar refractivity (Wildman–Crippen MR) is 120 cm³/mol. The molecule has 2 amide bonds. The Morgan fingerprint density at radius 3 is 2.55 bits per heavy atom. The van der Waals surface area contributed by atoms with E-state index in [1.807, 2.05) is 13.0 Å². The number of nitrogens with one attached hydrogen (secondary N) is 2. The average molecular weight is 439 g/mol. The van der Waals surface area contributed by atoms with Crippen molar-refractivity contribution in [2.24, 2.45) is 0 Å². The van der Waals surface area contributed by atoms with Gasteiger partial charge in [0.15, 0.2) is 5.76 Å². The minimum absolute atomic E-state index is 0.113. The lowest BCUT2D eigenvalue weighted by atomic mass is 10.1. The summed E-state index contributed by atoms with van der Waals surface area (Å²) in [6, 6.07) is 15.0. The smallest absolute Gasteiger partial charge is 0.335 e. The second-order valence-electron chi connectivity index (χ2n) is 6.80. The number of rotatable bonds is 8. The number of hydrogen-bond acceptors (Lipinski definition) is 5. The topological polar surface area (TPSA) is 109 Å². The van der Waals surface area contributed by atoms with Crippen LogP contribution in [-0.2, 0) is 4.79 Å². The van der Waals surface area contributed by atoms with Gasteiger partial charge in [0, 0.05) is 16.3 Å². The van der Waals surface area contributed by atoms with Crippen LogP contribution < -0.4 is 10.6 Å². The highest BCUT2D eigenvalue weighted by molar-refractivity contribution is 8.00. The SMILES string of the molecule is CCC(Sc1cccc(NC(=O)c2ccco2)c1)C(=O)Nc1cc(C(=O)O)ccc1C. The van der Waals surface area contributed by atoms with E-state index >= 15 is 0 Å². The van der Waals surface area contributed by atoms with E-state index in [0.29, 0.717) is 17.8 Å². The number of benzene rings is 2. The summed E-state index contributed by atoms with van der Waals surface area (Å²) in [5.41, 5.74) is 1.96. The molecular formula is C23H22N2O5S. The largest absolute Gasteiger partial charge is 0.478 e. The second kappa shape index (κ2) is 9.99. The molecule has 0 fully saturated rings. The van der Waals surface area contributed by atoms with E-state index in [9.17, 15) is 19.5 Å². The summed E-state index contributed by atoms with van der Waals surface area (Å²) in [4.78, 5) is 37.0. The Bertz CT molecular complexity index is 1100. The summed E-state index contributed by atoms with van der Waals surface area (Å²) in [7, 11) is 0. The molecule has 1 aromatic heterocycles. The molecule has 1 unspecified atom stereocenters. The van der Waals surface area contributed by atoms with Crippen LogP contribution in [0.2, 0.25) is 0 Å². The zero-order valence-corrected chi connectivity index (χ0v) is 17.9. The summed E-state index contributed by atoms with van der Waals surface area (Å²) in [6.07, 6.45) is 2.00. The fourth-order valence-electron chi connectivity index (χ4n) is 2.84. The summed E-state index contributed by atoms with van der Waals surface area (Å²) in [5.74, 6) is -1.41. The van der Waals surface area contributed by atoms with Gasteiger partial charge in [-0.2, -0.15) is 0 Å². The lowest BCUT2D eigenvalue weighted by molar-refractivity contribution is -0.115. The molecule has 31 heavy (non-hydrogen) atoms. The third-order valence-electron chi connectivity index (χ3n) is 4.52. The number of carboxylic acids is 1. The van der Waals surface area contributed by atoms with Crippen LogP contribution in [0.1, 0.15) is 39.8 Å². The van der Waals surface area contributed by atoms with E-state index in [2.05, 4.69) is 10.6 Å². The number of carboxylic acid groups (broad SMARTS) is 1. The highest BCUT2D eigenvalue weighted by Crippen LogP contribution is 2.29. The van der Waals surface area contributed by atoms with Crippen molar-refractivity contribution in [3.63, 3.8) is 0 Å². The van der Waals surface area contributed by atoms with Gasteiger partial charge in [-0.25, -0.2) is 4.79 Å². The Balaban J connectivity index is 1.69. The summed E-state index contributed by atoms with van der Waals surface area (Å²) in [5, 5.41) is 14.4. The average Bonchev–Trinajstić information content (AvgIpc) is 3.28. The molecule has 0 aliphatic carbocycles. The Hall–Kier alpha value is -3.52. The van der Waals surface area contributed by atoms with Gasteiger partial charge in [-0.05, 0) is 61.4 Å². The first-order valence-electron chi connectivity index (χ1n) is 9.63. The fourth-order valence-corrected chi connectivity index (χ4v) is 3.85. The van der Waals surface area contributed by atoms with Gasteiger partial charge in [-0.3, -0.25) is 9.59 Å². The van der Waals surface area contributed by atoms with E-state index in [1.54, 1.807) is 43.3 Å². The predicted octanol–water partition coefficient (Wildman–Crippen LogP) is 5.05. The van der Waals surface area contributed by atoms with Crippen LogP contribution in [0.25, 0.3) is 0 Å². The first kappa shape index (κ1) is 22.2. The number of aromatic carboxylic acids is 1. The molecule has 8 heteroatoms. The quantitative estimate of drug-likeness (QED) is 0.425. The van der Waals surface area contributed by atoms with Crippen LogP contribution in [0.5, 0.6) is 0 Å². The van der Waals surface area contributed by atoms with E-state index in [4.69, 9.17) is 4.42 Å². The van der Waals surface area contributed by atoms with Crippen molar-refractivity contribution in [1.82, 2.24) is 0 Å². The number of aryl methyl sites for hydroxylation is 1. The molecule has 3 N–H and O–H groups in total. The summed E-state index contributed by atoms with van der Waals surface area (Å²) < 4.78 is 5.09. The molecular weight excluding hydrogens is 416 g/mol. The maximum atomic E-state index is 12.8. The van der Waals surface area contributed by atoms with Gasteiger partial charge in [-0.1, -0.05) is 19.1 Å². The Morgan fingerprint density at radius 1 is 1.06 bits per heavy atom. The Kier molecular flexibility index (Phi) is 7.15. The molecule has 0 aliphatic heterocycles. The maximum absolute atomic E-state index is 12.8. The van der Waals surface area contributed by atoms with Gasteiger partial charge in [-0.15, -0.1) is 11.8 Å². The lowest BCUT2D eigenvalue weighted by Crippen LogP contribution is -2.25. The van der Waals surface area contributed by atoms with Gasteiger partial charge in [0.25, 0.3) is 5.91 Å². The van der Waals surface area contributed by atoms with Crippen molar-refractivity contribution in [3.05, 3.63) is 77.7 Å². The molecule has 0 radical (unpaired) electrons. The molecule has 2 aromatic carbocycles. The van der Waals surface area contributed by atoms with Gasteiger partial charge in [0.05, 0.1) is 17.1 Å². The molecule has 7 nitrogen and oxygen atoms in total. The van der Waals surface area contributed by atoms with Crippen LogP contribution in [0.4, 0.5) is 11.4 Å². The third kappa shape index (κ3) is 5.76. The van der Waals surface area contributed by atoms with Gasteiger partial charge in [0.1, 0.15) is 0 Å². The van der Waals surface area contributed by atoms with Crippen molar-refractivity contribution in [3.8, 4) is 0 Å². The van der Waals surface area contributed by atoms with E-state index in [-0.39, 0.29) is 23.1 Å². The van der Waals surface area contributed by atoms with Crippen LogP contribution in [0.15, 0.2) is 70.2 Å². The number of hydrogen-bond donors (Lipinski definition) is 3. The van der Waals surface area contributed by atoms with Crippen LogP contribution in [0, 0.1) is 6.92 Å².